The van der Waals surface area contributed by atoms with Crippen LogP contribution < -0.4 is 0 Å². The maximum atomic E-state index is 10.5. The number of benzene rings is 2. The van der Waals surface area contributed by atoms with E-state index in [1.165, 1.54) is 0 Å². The number of hydrogen-bond donors (Lipinski definition) is 2. The van der Waals surface area contributed by atoms with E-state index in [0.717, 1.165) is 5.39 Å². The third kappa shape index (κ3) is 2.34. The van der Waals surface area contributed by atoms with Gasteiger partial charge in [0.2, 0.25) is 0 Å². The van der Waals surface area contributed by atoms with Crippen molar-refractivity contribution in [3.63, 3.8) is 0 Å². The average Bonchev–Trinajstić information content (AvgIpc) is 2.32. The van der Waals surface area contributed by atoms with Crippen molar-refractivity contribution in [2.45, 2.75) is 12.8 Å². The molecule has 4 heteroatoms. The Labute approximate surface area is 103 Å². The van der Waals surface area contributed by atoms with E-state index in [9.17, 15) is 9.90 Å². The van der Waals surface area contributed by atoms with Gasteiger partial charge in [-0.3, -0.25) is 4.79 Å². The lowest BCUT2D eigenvalue weighted by atomic mass is 10.0. The van der Waals surface area contributed by atoms with Gasteiger partial charge in [0.1, 0.15) is 5.75 Å². The van der Waals surface area contributed by atoms with Crippen LogP contribution in [0.1, 0.15) is 12.0 Å². The number of fused-ring (bicyclic) bond motifs is 1. The molecule has 0 amide bonds. The topological polar surface area (TPSA) is 57.5 Å². The summed E-state index contributed by atoms with van der Waals surface area (Å²) in [6.45, 7) is 0. The van der Waals surface area contributed by atoms with Crippen molar-refractivity contribution < 1.29 is 15.0 Å². The molecule has 0 unspecified atom stereocenters. The van der Waals surface area contributed by atoms with Crippen LogP contribution in [0.15, 0.2) is 30.3 Å². The summed E-state index contributed by atoms with van der Waals surface area (Å²) in [7, 11) is 0. The number of phenols is 1. The third-order valence-electron chi connectivity index (χ3n) is 2.65. The summed E-state index contributed by atoms with van der Waals surface area (Å²) in [6.07, 6.45) is 0.244. The maximum Gasteiger partial charge on any atom is 0.303 e. The van der Waals surface area contributed by atoms with E-state index in [1.54, 1.807) is 18.2 Å². The van der Waals surface area contributed by atoms with E-state index in [2.05, 4.69) is 0 Å². The molecule has 0 bridgehead atoms. The number of hydrogen-bond acceptors (Lipinski definition) is 2. The summed E-state index contributed by atoms with van der Waals surface area (Å²) in [5.74, 6) is -0.778. The second-order valence-corrected chi connectivity index (χ2v) is 4.21. The molecule has 0 spiro atoms. The Morgan fingerprint density at radius 2 is 1.88 bits per heavy atom. The standard InChI is InChI=1S/C13H11ClO3/c14-11-7-8(5-6-12(15)16)13(17)10-4-2-1-3-9(10)11/h1-4,7,17H,5-6H2,(H,15,16). The number of aliphatic carboxylic acids is 1. The van der Waals surface area contributed by atoms with Crippen LogP contribution in [0, 0.1) is 0 Å². The van der Waals surface area contributed by atoms with Gasteiger partial charge >= 0.3 is 5.97 Å². The number of carboxylic acids is 1. The number of carboxylic acid groups (broad SMARTS) is 1. The Kier molecular flexibility index (Phi) is 3.20. The van der Waals surface area contributed by atoms with Gasteiger partial charge in [0.25, 0.3) is 0 Å². The quantitative estimate of drug-likeness (QED) is 0.879. The number of carbonyl (C=O) groups is 1. The lowest BCUT2D eigenvalue weighted by molar-refractivity contribution is -0.136. The monoisotopic (exact) mass is 250 g/mol. The number of halogens is 1. The minimum atomic E-state index is -0.895. The minimum Gasteiger partial charge on any atom is -0.507 e. The van der Waals surface area contributed by atoms with Crippen LogP contribution in [0.2, 0.25) is 5.02 Å². The highest BCUT2D eigenvalue weighted by Gasteiger charge is 2.11. The molecule has 0 heterocycles. The maximum absolute atomic E-state index is 10.5. The van der Waals surface area contributed by atoms with Gasteiger partial charge in [-0.2, -0.15) is 0 Å². The predicted molar refractivity (Wildman–Crippen MR) is 66.6 cm³/mol. The lowest BCUT2D eigenvalue weighted by Crippen LogP contribution is -1.98. The van der Waals surface area contributed by atoms with E-state index in [4.69, 9.17) is 16.7 Å². The van der Waals surface area contributed by atoms with Crippen LogP contribution in [0.4, 0.5) is 0 Å². The third-order valence-corrected chi connectivity index (χ3v) is 2.97. The van der Waals surface area contributed by atoms with Crippen LogP contribution in [0.5, 0.6) is 5.75 Å². The zero-order valence-electron chi connectivity index (χ0n) is 8.98. The summed E-state index contributed by atoms with van der Waals surface area (Å²) < 4.78 is 0. The highest BCUT2D eigenvalue weighted by atomic mass is 35.5. The van der Waals surface area contributed by atoms with Gasteiger partial charge in [-0.15, -0.1) is 0 Å². The molecule has 0 saturated carbocycles. The smallest absolute Gasteiger partial charge is 0.303 e. The average molecular weight is 251 g/mol. The van der Waals surface area contributed by atoms with Gasteiger partial charge in [-0.1, -0.05) is 35.9 Å². The molecule has 88 valence electrons. The number of aryl methyl sites for hydroxylation is 1. The molecule has 0 fully saturated rings. The van der Waals surface area contributed by atoms with Crippen molar-refractivity contribution in [2.24, 2.45) is 0 Å². The molecule has 17 heavy (non-hydrogen) atoms. The van der Waals surface area contributed by atoms with Crippen molar-refractivity contribution in [2.75, 3.05) is 0 Å². The van der Waals surface area contributed by atoms with Crippen molar-refractivity contribution in [3.8, 4) is 5.75 Å². The van der Waals surface area contributed by atoms with Crippen molar-refractivity contribution in [1.29, 1.82) is 0 Å². The van der Waals surface area contributed by atoms with Crippen molar-refractivity contribution >= 4 is 28.3 Å². The normalized spacial score (nSPS) is 10.6. The Bertz CT molecular complexity index is 578. The Balaban J connectivity index is 2.51. The second-order valence-electron chi connectivity index (χ2n) is 3.81. The second kappa shape index (κ2) is 4.63. The Hall–Kier alpha value is -1.74. The predicted octanol–water partition coefficient (Wildman–Crippen LogP) is 3.22. The molecule has 0 atom stereocenters. The fraction of sp³-hybridized carbons (Fsp3) is 0.154. The highest BCUT2D eigenvalue weighted by Crippen LogP contribution is 2.34. The molecule has 2 N–H and O–H groups in total. The van der Waals surface area contributed by atoms with E-state index >= 15 is 0 Å². The molecule has 2 rings (SSSR count). The van der Waals surface area contributed by atoms with Crippen LogP contribution in [-0.2, 0) is 11.2 Å². The summed E-state index contributed by atoms with van der Waals surface area (Å²) >= 11 is 6.09. The fourth-order valence-electron chi connectivity index (χ4n) is 1.80. The van der Waals surface area contributed by atoms with E-state index in [1.807, 2.05) is 12.1 Å². The zero-order chi connectivity index (χ0) is 12.4. The first-order valence-electron chi connectivity index (χ1n) is 5.20. The Morgan fingerprint density at radius 1 is 1.24 bits per heavy atom. The molecule has 0 aromatic heterocycles. The van der Waals surface area contributed by atoms with E-state index in [0.29, 0.717) is 16.0 Å². The molecule has 2 aromatic carbocycles. The molecule has 0 radical (unpaired) electrons. The minimum absolute atomic E-state index is 0.0256. The van der Waals surface area contributed by atoms with Crippen molar-refractivity contribution in [1.82, 2.24) is 0 Å². The molecule has 0 saturated heterocycles. The first-order valence-corrected chi connectivity index (χ1v) is 5.58. The summed E-state index contributed by atoms with van der Waals surface area (Å²) in [5.41, 5.74) is 0.566. The molecular weight excluding hydrogens is 240 g/mol. The summed E-state index contributed by atoms with van der Waals surface area (Å²) in [5, 5.41) is 20.6. The summed E-state index contributed by atoms with van der Waals surface area (Å²) in [6, 6.07) is 8.85. The molecule has 3 nitrogen and oxygen atoms in total. The van der Waals surface area contributed by atoms with Crippen LogP contribution in [0.3, 0.4) is 0 Å². The van der Waals surface area contributed by atoms with Crippen LogP contribution in [-0.4, -0.2) is 16.2 Å². The Morgan fingerprint density at radius 3 is 2.53 bits per heavy atom. The first-order chi connectivity index (χ1) is 8.09. The molecule has 0 aliphatic heterocycles. The first kappa shape index (κ1) is 11.7. The van der Waals surface area contributed by atoms with E-state index < -0.39 is 5.97 Å². The van der Waals surface area contributed by atoms with Gasteiger partial charge in [0, 0.05) is 22.2 Å². The number of aromatic hydroxyl groups is 1. The lowest BCUT2D eigenvalue weighted by Gasteiger charge is -2.08. The van der Waals surface area contributed by atoms with Gasteiger partial charge < -0.3 is 10.2 Å². The summed E-state index contributed by atoms with van der Waals surface area (Å²) in [4.78, 5) is 10.5. The molecule has 0 aliphatic rings. The van der Waals surface area contributed by atoms with Gasteiger partial charge in [-0.05, 0) is 18.1 Å². The van der Waals surface area contributed by atoms with Gasteiger partial charge in [0.05, 0.1) is 0 Å². The molecular formula is C13H11ClO3. The van der Waals surface area contributed by atoms with Crippen LogP contribution >= 0.6 is 11.6 Å². The SMILES string of the molecule is O=C(O)CCc1cc(Cl)c2ccccc2c1O. The molecule has 0 aliphatic carbocycles. The van der Waals surface area contributed by atoms with Gasteiger partial charge in [-0.25, -0.2) is 0 Å². The van der Waals surface area contributed by atoms with Gasteiger partial charge in [0.15, 0.2) is 0 Å². The highest BCUT2D eigenvalue weighted by molar-refractivity contribution is 6.35. The van der Waals surface area contributed by atoms with Crippen LogP contribution in [0.25, 0.3) is 10.8 Å². The fourth-order valence-corrected chi connectivity index (χ4v) is 2.10. The molecule has 2 aromatic rings. The zero-order valence-corrected chi connectivity index (χ0v) is 9.74. The largest absolute Gasteiger partial charge is 0.507 e. The van der Waals surface area contributed by atoms with E-state index in [-0.39, 0.29) is 18.6 Å². The number of rotatable bonds is 3. The number of phenolic OH excluding ortho intramolecular Hbond substituents is 1. The van der Waals surface area contributed by atoms with Crippen molar-refractivity contribution in [3.05, 3.63) is 40.9 Å².